The van der Waals surface area contributed by atoms with Gasteiger partial charge in [0.05, 0.1) is 19.3 Å². The monoisotopic (exact) mass is 285 g/mol. The fourth-order valence-corrected chi connectivity index (χ4v) is 2.33. The van der Waals surface area contributed by atoms with E-state index in [4.69, 9.17) is 4.74 Å². The summed E-state index contributed by atoms with van der Waals surface area (Å²) in [6, 6.07) is 6.05. The van der Waals surface area contributed by atoms with E-state index in [1.165, 1.54) is 0 Å². The van der Waals surface area contributed by atoms with Gasteiger partial charge in [0.2, 0.25) is 0 Å². The Morgan fingerprint density at radius 2 is 2.06 bits per heavy atom. The van der Waals surface area contributed by atoms with Crippen molar-refractivity contribution in [2.75, 3.05) is 31.2 Å². The maximum absolute atomic E-state index is 9.78. The zero-order valence-electron chi connectivity index (χ0n) is 9.32. The predicted molar refractivity (Wildman–Crippen MR) is 67.8 cm³/mol. The smallest absolute Gasteiger partial charge is 0.0782 e. The Labute approximate surface area is 104 Å². The lowest BCUT2D eigenvalue weighted by atomic mass is 10.1. The number of halogens is 1. The van der Waals surface area contributed by atoms with E-state index in [1.54, 1.807) is 6.92 Å². The second-order valence-corrected chi connectivity index (χ2v) is 4.89. The van der Waals surface area contributed by atoms with E-state index in [0.29, 0.717) is 0 Å². The Bertz CT molecular complexity index is 362. The molecule has 0 amide bonds. The summed E-state index contributed by atoms with van der Waals surface area (Å²) in [6.45, 7) is 5.10. The van der Waals surface area contributed by atoms with Gasteiger partial charge in [-0.05, 0) is 25.1 Å². The van der Waals surface area contributed by atoms with Crippen LogP contribution in [0.4, 0.5) is 5.69 Å². The second-order valence-electron chi connectivity index (χ2n) is 3.98. The van der Waals surface area contributed by atoms with E-state index < -0.39 is 6.10 Å². The molecule has 1 aromatic rings. The molecule has 1 N–H and O–H groups in total. The van der Waals surface area contributed by atoms with Crippen LogP contribution >= 0.6 is 15.9 Å². The number of ether oxygens (including phenoxy) is 1. The van der Waals surface area contributed by atoms with Crippen molar-refractivity contribution >= 4 is 21.6 Å². The highest BCUT2D eigenvalue weighted by Gasteiger charge is 2.17. The van der Waals surface area contributed by atoms with E-state index in [1.807, 2.05) is 12.1 Å². The Hall–Kier alpha value is -0.580. The minimum atomic E-state index is -0.449. The van der Waals surface area contributed by atoms with Crippen LogP contribution in [0.3, 0.4) is 0 Å². The van der Waals surface area contributed by atoms with Gasteiger partial charge in [-0.3, -0.25) is 0 Å². The number of hydrogen-bond acceptors (Lipinski definition) is 3. The first-order valence-corrected chi connectivity index (χ1v) is 6.28. The zero-order chi connectivity index (χ0) is 11.5. The van der Waals surface area contributed by atoms with E-state index in [0.717, 1.165) is 42.0 Å². The highest BCUT2D eigenvalue weighted by molar-refractivity contribution is 9.10. The molecule has 4 heteroatoms. The van der Waals surface area contributed by atoms with Gasteiger partial charge in [0.1, 0.15) is 0 Å². The van der Waals surface area contributed by atoms with Crippen molar-refractivity contribution < 1.29 is 9.84 Å². The molecule has 1 aliphatic rings. The first-order chi connectivity index (χ1) is 7.68. The van der Waals surface area contributed by atoms with Crippen molar-refractivity contribution in [3.63, 3.8) is 0 Å². The molecule has 0 saturated carbocycles. The van der Waals surface area contributed by atoms with Gasteiger partial charge in [-0.15, -0.1) is 0 Å². The van der Waals surface area contributed by atoms with Gasteiger partial charge < -0.3 is 14.7 Å². The third-order valence-electron chi connectivity index (χ3n) is 2.79. The van der Waals surface area contributed by atoms with E-state index in [9.17, 15) is 5.11 Å². The Balaban J connectivity index is 2.31. The highest BCUT2D eigenvalue weighted by atomic mass is 79.9. The number of nitrogens with zero attached hydrogens (tertiary/aromatic N) is 1. The van der Waals surface area contributed by atoms with Crippen LogP contribution in [0.2, 0.25) is 0 Å². The molecule has 1 unspecified atom stereocenters. The molecule has 16 heavy (non-hydrogen) atoms. The van der Waals surface area contributed by atoms with Crippen LogP contribution in [0.1, 0.15) is 18.6 Å². The van der Waals surface area contributed by atoms with Gasteiger partial charge in [-0.1, -0.05) is 15.9 Å². The van der Waals surface area contributed by atoms with Crippen molar-refractivity contribution in [2.24, 2.45) is 0 Å². The predicted octanol–water partition coefficient (Wildman–Crippen LogP) is 2.34. The molecular weight excluding hydrogens is 270 g/mol. The number of hydrogen-bond donors (Lipinski definition) is 1. The summed E-state index contributed by atoms with van der Waals surface area (Å²) >= 11 is 3.43. The molecule has 0 spiro atoms. The normalized spacial score (nSPS) is 18.6. The third-order valence-corrected chi connectivity index (χ3v) is 3.28. The molecule has 0 radical (unpaired) electrons. The van der Waals surface area contributed by atoms with Crippen molar-refractivity contribution in [1.29, 1.82) is 0 Å². The van der Waals surface area contributed by atoms with Gasteiger partial charge in [0.15, 0.2) is 0 Å². The summed E-state index contributed by atoms with van der Waals surface area (Å²) in [5.41, 5.74) is 2.08. The molecule has 2 rings (SSSR count). The number of anilines is 1. The standard InChI is InChI=1S/C12H16BrNO2/c1-9(15)11-8-10(13)2-3-12(11)14-4-6-16-7-5-14/h2-3,8-9,15H,4-7H2,1H3. The Kier molecular flexibility index (Phi) is 3.84. The average Bonchev–Trinajstić information content (AvgIpc) is 2.30. The van der Waals surface area contributed by atoms with E-state index in [2.05, 4.69) is 26.9 Å². The molecule has 1 saturated heterocycles. The number of aliphatic hydroxyl groups is 1. The molecule has 1 atom stereocenters. The van der Waals surface area contributed by atoms with Crippen molar-refractivity contribution in [2.45, 2.75) is 13.0 Å². The summed E-state index contributed by atoms with van der Waals surface area (Å²) in [7, 11) is 0. The maximum atomic E-state index is 9.78. The molecule has 1 aliphatic heterocycles. The van der Waals surface area contributed by atoms with Crippen LogP contribution < -0.4 is 4.90 Å². The van der Waals surface area contributed by atoms with Gasteiger partial charge in [0, 0.05) is 28.8 Å². The summed E-state index contributed by atoms with van der Waals surface area (Å²) in [4.78, 5) is 2.26. The molecule has 0 bridgehead atoms. The van der Waals surface area contributed by atoms with Crippen molar-refractivity contribution in [3.8, 4) is 0 Å². The molecule has 3 nitrogen and oxygen atoms in total. The number of aliphatic hydroxyl groups excluding tert-OH is 1. The Morgan fingerprint density at radius 1 is 1.38 bits per heavy atom. The second kappa shape index (κ2) is 5.17. The van der Waals surface area contributed by atoms with Gasteiger partial charge in [-0.25, -0.2) is 0 Å². The summed E-state index contributed by atoms with van der Waals surface area (Å²) in [6.07, 6.45) is -0.449. The average molecular weight is 286 g/mol. The molecule has 1 aromatic carbocycles. The zero-order valence-corrected chi connectivity index (χ0v) is 10.9. The molecule has 88 valence electrons. The first kappa shape index (κ1) is 11.9. The number of benzene rings is 1. The molecule has 1 fully saturated rings. The molecule has 0 aliphatic carbocycles. The Morgan fingerprint density at radius 3 is 2.69 bits per heavy atom. The van der Waals surface area contributed by atoms with Crippen LogP contribution in [-0.4, -0.2) is 31.4 Å². The first-order valence-electron chi connectivity index (χ1n) is 5.48. The molecule has 0 aromatic heterocycles. The minimum Gasteiger partial charge on any atom is -0.389 e. The molecular formula is C12H16BrNO2. The third kappa shape index (κ3) is 2.56. The van der Waals surface area contributed by atoms with E-state index in [-0.39, 0.29) is 0 Å². The molecule has 1 heterocycles. The van der Waals surface area contributed by atoms with Crippen LogP contribution in [0.25, 0.3) is 0 Å². The summed E-state index contributed by atoms with van der Waals surface area (Å²) in [5.74, 6) is 0. The fraction of sp³-hybridized carbons (Fsp3) is 0.500. The lowest BCUT2D eigenvalue weighted by Crippen LogP contribution is -2.36. The van der Waals surface area contributed by atoms with E-state index >= 15 is 0 Å². The lowest BCUT2D eigenvalue weighted by Gasteiger charge is -2.31. The fourth-order valence-electron chi connectivity index (χ4n) is 1.95. The largest absolute Gasteiger partial charge is 0.389 e. The van der Waals surface area contributed by atoms with Gasteiger partial charge in [-0.2, -0.15) is 0 Å². The van der Waals surface area contributed by atoms with Crippen LogP contribution in [0, 0.1) is 0 Å². The lowest BCUT2D eigenvalue weighted by molar-refractivity contribution is 0.122. The minimum absolute atomic E-state index is 0.449. The van der Waals surface area contributed by atoms with Crippen LogP contribution in [0.15, 0.2) is 22.7 Å². The topological polar surface area (TPSA) is 32.7 Å². The number of morpholine rings is 1. The van der Waals surface area contributed by atoms with Crippen molar-refractivity contribution in [1.82, 2.24) is 0 Å². The van der Waals surface area contributed by atoms with Crippen LogP contribution in [0.5, 0.6) is 0 Å². The van der Waals surface area contributed by atoms with Crippen molar-refractivity contribution in [3.05, 3.63) is 28.2 Å². The maximum Gasteiger partial charge on any atom is 0.0782 e. The summed E-state index contributed by atoms with van der Waals surface area (Å²) < 4.78 is 6.33. The SMILES string of the molecule is CC(O)c1cc(Br)ccc1N1CCOCC1. The van der Waals surface area contributed by atoms with Gasteiger partial charge >= 0.3 is 0 Å². The summed E-state index contributed by atoms with van der Waals surface area (Å²) in [5, 5.41) is 9.78. The number of rotatable bonds is 2. The quantitative estimate of drug-likeness (QED) is 0.905. The highest BCUT2D eigenvalue weighted by Crippen LogP contribution is 2.29. The van der Waals surface area contributed by atoms with Gasteiger partial charge in [0.25, 0.3) is 0 Å². The van der Waals surface area contributed by atoms with Crippen LogP contribution in [-0.2, 0) is 4.74 Å².